The van der Waals surface area contributed by atoms with E-state index in [9.17, 15) is 0 Å². The van der Waals surface area contributed by atoms with E-state index in [4.69, 9.17) is 14.2 Å². The molecule has 27 heavy (non-hydrogen) atoms. The van der Waals surface area contributed by atoms with Crippen LogP contribution in [-0.4, -0.2) is 45.9 Å². The third-order valence-electron chi connectivity index (χ3n) is 4.11. The van der Waals surface area contributed by atoms with E-state index in [0.29, 0.717) is 23.8 Å². The Balaban J connectivity index is 1.93. The van der Waals surface area contributed by atoms with E-state index in [1.165, 1.54) is 4.88 Å². The van der Waals surface area contributed by atoms with Gasteiger partial charge in [-0.2, -0.15) is 0 Å². The van der Waals surface area contributed by atoms with Gasteiger partial charge in [0.2, 0.25) is 5.75 Å². The minimum absolute atomic E-state index is 0.575. The SMILES string of the molecule is CN=C(NCCc1nc(C)c(C)s1)NCc1cc(OC)c(OC)c(OC)c1. The molecule has 0 atom stereocenters. The van der Waals surface area contributed by atoms with E-state index in [-0.39, 0.29) is 0 Å². The third kappa shape index (κ3) is 5.50. The van der Waals surface area contributed by atoms with Gasteiger partial charge in [0.25, 0.3) is 0 Å². The molecule has 0 fully saturated rings. The molecule has 0 unspecified atom stereocenters. The van der Waals surface area contributed by atoms with Crippen LogP contribution in [0.1, 0.15) is 21.1 Å². The van der Waals surface area contributed by atoms with Crippen molar-refractivity contribution in [3.63, 3.8) is 0 Å². The van der Waals surface area contributed by atoms with E-state index < -0.39 is 0 Å². The molecule has 2 aromatic rings. The minimum Gasteiger partial charge on any atom is -0.493 e. The van der Waals surface area contributed by atoms with Gasteiger partial charge in [0.15, 0.2) is 17.5 Å². The lowest BCUT2D eigenvalue weighted by atomic mass is 10.2. The maximum Gasteiger partial charge on any atom is 0.203 e. The Bertz CT molecular complexity index is 745. The quantitative estimate of drug-likeness (QED) is 0.531. The van der Waals surface area contributed by atoms with E-state index in [1.807, 2.05) is 19.1 Å². The summed E-state index contributed by atoms with van der Waals surface area (Å²) in [5.74, 6) is 2.58. The number of thiazole rings is 1. The highest BCUT2D eigenvalue weighted by Crippen LogP contribution is 2.38. The Morgan fingerprint density at radius 2 is 1.74 bits per heavy atom. The summed E-state index contributed by atoms with van der Waals surface area (Å²) in [5, 5.41) is 7.75. The Morgan fingerprint density at radius 1 is 1.07 bits per heavy atom. The molecule has 0 aliphatic heterocycles. The number of aryl methyl sites for hydroxylation is 2. The fourth-order valence-corrected chi connectivity index (χ4v) is 3.51. The van der Waals surface area contributed by atoms with Crippen molar-refractivity contribution < 1.29 is 14.2 Å². The molecule has 0 radical (unpaired) electrons. The second kappa shape index (κ2) is 10.0. The summed E-state index contributed by atoms with van der Waals surface area (Å²) in [6.07, 6.45) is 0.865. The van der Waals surface area contributed by atoms with Crippen molar-refractivity contribution in [1.29, 1.82) is 0 Å². The van der Waals surface area contributed by atoms with Crippen molar-refractivity contribution in [3.8, 4) is 17.2 Å². The van der Waals surface area contributed by atoms with Gasteiger partial charge in [-0.3, -0.25) is 4.99 Å². The highest BCUT2D eigenvalue weighted by molar-refractivity contribution is 7.11. The number of nitrogens with one attached hydrogen (secondary N) is 2. The molecule has 1 aromatic carbocycles. The number of ether oxygens (including phenoxy) is 3. The van der Waals surface area contributed by atoms with Crippen molar-refractivity contribution in [3.05, 3.63) is 33.3 Å². The topological polar surface area (TPSA) is 77.0 Å². The highest BCUT2D eigenvalue weighted by Gasteiger charge is 2.13. The van der Waals surface area contributed by atoms with E-state index in [0.717, 1.165) is 35.2 Å². The summed E-state index contributed by atoms with van der Waals surface area (Å²) >= 11 is 1.74. The fraction of sp³-hybridized carbons (Fsp3) is 0.474. The van der Waals surface area contributed by atoms with Crippen LogP contribution in [0, 0.1) is 13.8 Å². The fourth-order valence-electron chi connectivity index (χ4n) is 2.58. The predicted octanol–water partition coefficient (Wildman–Crippen LogP) is 2.69. The number of hydrogen-bond acceptors (Lipinski definition) is 6. The molecule has 0 saturated carbocycles. The van der Waals surface area contributed by atoms with E-state index >= 15 is 0 Å². The first-order valence-electron chi connectivity index (χ1n) is 8.68. The van der Waals surface area contributed by atoms with Crippen molar-refractivity contribution in [2.75, 3.05) is 34.9 Å². The molecule has 0 spiro atoms. The molecule has 148 valence electrons. The molecule has 7 nitrogen and oxygen atoms in total. The summed E-state index contributed by atoms with van der Waals surface area (Å²) in [5.41, 5.74) is 2.11. The zero-order valence-corrected chi connectivity index (χ0v) is 17.6. The van der Waals surface area contributed by atoms with Crippen LogP contribution in [-0.2, 0) is 13.0 Å². The van der Waals surface area contributed by atoms with Crippen LogP contribution >= 0.6 is 11.3 Å². The average Bonchev–Trinajstić information content (AvgIpc) is 3.00. The van der Waals surface area contributed by atoms with Gasteiger partial charge >= 0.3 is 0 Å². The Kier molecular flexibility index (Phi) is 7.72. The van der Waals surface area contributed by atoms with Gasteiger partial charge in [-0.25, -0.2) is 4.98 Å². The van der Waals surface area contributed by atoms with Crippen molar-refractivity contribution >= 4 is 17.3 Å². The second-order valence-electron chi connectivity index (χ2n) is 5.89. The number of hydrogen-bond donors (Lipinski definition) is 2. The number of guanidine groups is 1. The first kappa shape index (κ1) is 20.8. The number of benzene rings is 1. The summed E-state index contributed by atoms with van der Waals surface area (Å²) in [4.78, 5) is 10.1. The second-order valence-corrected chi connectivity index (χ2v) is 7.17. The third-order valence-corrected chi connectivity index (χ3v) is 5.24. The number of aromatic nitrogens is 1. The highest BCUT2D eigenvalue weighted by atomic mass is 32.1. The summed E-state index contributed by atoms with van der Waals surface area (Å²) in [7, 11) is 6.56. The number of methoxy groups -OCH3 is 3. The molecule has 8 heteroatoms. The van der Waals surface area contributed by atoms with Gasteiger partial charge in [0.1, 0.15) is 0 Å². The van der Waals surface area contributed by atoms with Gasteiger partial charge in [0, 0.05) is 31.4 Å². The summed E-state index contributed by atoms with van der Waals surface area (Å²) in [6.45, 7) is 5.48. The standard InChI is InChI=1S/C19H28N4O3S/c1-12-13(2)27-17(23-12)7-8-21-19(20-3)22-11-14-9-15(24-4)18(26-6)16(10-14)25-5/h9-10H,7-8,11H2,1-6H3,(H2,20,21,22). The number of aliphatic imine (C=N–C) groups is 1. The van der Waals surface area contributed by atoms with Gasteiger partial charge < -0.3 is 24.8 Å². The molecule has 0 aliphatic carbocycles. The van der Waals surface area contributed by atoms with Crippen LogP contribution in [0.25, 0.3) is 0 Å². The zero-order valence-electron chi connectivity index (χ0n) is 16.8. The lowest BCUT2D eigenvalue weighted by Crippen LogP contribution is -2.37. The van der Waals surface area contributed by atoms with Crippen LogP contribution in [0.2, 0.25) is 0 Å². The van der Waals surface area contributed by atoms with Gasteiger partial charge in [-0.1, -0.05) is 0 Å². The molecular weight excluding hydrogens is 364 g/mol. The van der Waals surface area contributed by atoms with Gasteiger partial charge in [-0.05, 0) is 31.5 Å². The molecule has 0 amide bonds. The van der Waals surface area contributed by atoms with Crippen LogP contribution in [0.5, 0.6) is 17.2 Å². The van der Waals surface area contributed by atoms with Crippen LogP contribution in [0.15, 0.2) is 17.1 Å². The predicted molar refractivity (Wildman–Crippen MR) is 110 cm³/mol. The lowest BCUT2D eigenvalue weighted by molar-refractivity contribution is 0.323. The first-order chi connectivity index (χ1) is 13.0. The van der Waals surface area contributed by atoms with Crippen molar-refractivity contribution in [2.24, 2.45) is 4.99 Å². The molecule has 0 bridgehead atoms. The molecule has 0 aliphatic rings. The van der Waals surface area contributed by atoms with E-state index in [1.54, 1.807) is 39.7 Å². The smallest absolute Gasteiger partial charge is 0.203 e. The molecule has 2 rings (SSSR count). The largest absolute Gasteiger partial charge is 0.493 e. The number of nitrogens with zero attached hydrogens (tertiary/aromatic N) is 2. The molecule has 2 N–H and O–H groups in total. The lowest BCUT2D eigenvalue weighted by Gasteiger charge is -2.15. The average molecular weight is 393 g/mol. The van der Waals surface area contributed by atoms with Gasteiger partial charge in [0.05, 0.1) is 32.0 Å². The molecule has 1 heterocycles. The van der Waals surface area contributed by atoms with Crippen LogP contribution in [0.4, 0.5) is 0 Å². The summed E-state index contributed by atoms with van der Waals surface area (Å²) in [6, 6.07) is 3.84. The molecule has 0 saturated heterocycles. The van der Waals surface area contributed by atoms with Crippen molar-refractivity contribution in [2.45, 2.75) is 26.8 Å². The molecule has 1 aromatic heterocycles. The van der Waals surface area contributed by atoms with E-state index in [2.05, 4.69) is 27.5 Å². The maximum absolute atomic E-state index is 5.39. The normalized spacial score (nSPS) is 11.3. The Morgan fingerprint density at radius 3 is 2.22 bits per heavy atom. The zero-order chi connectivity index (χ0) is 19.8. The minimum atomic E-state index is 0.575. The Hall–Kier alpha value is -2.48. The van der Waals surface area contributed by atoms with Gasteiger partial charge in [-0.15, -0.1) is 11.3 Å². The maximum atomic E-state index is 5.39. The molecular formula is C19H28N4O3S. The summed E-state index contributed by atoms with van der Waals surface area (Å²) < 4.78 is 16.1. The van der Waals surface area contributed by atoms with Crippen LogP contribution in [0.3, 0.4) is 0 Å². The monoisotopic (exact) mass is 392 g/mol. The van der Waals surface area contributed by atoms with Crippen molar-refractivity contribution in [1.82, 2.24) is 15.6 Å². The Labute approximate surface area is 164 Å². The number of rotatable bonds is 8. The first-order valence-corrected chi connectivity index (χ1v) is 9.50. The van der Waals surface area contributed by atoms with Crippen LogP contribution < -0.4 is 24.8 Å².